The molecule has 8 heteroatoms. The smallest absolute Gasteiger partial charge is 0.337 e. The van der Waals surface area contributed by atoms with Gasteiger partial charge in [-0.2, -0.15) is 0 Å². The Morgan fingerprint density at radius 3 is 2.77 bits per heavy atom. The number of nitrogens with two attached hydrogens (primary N) is 1. The Hall–Kier alpha value is -3.68. The van der Waals surface area contributed by atoms with Crippen LogP contribution in [-0.4, -0.2) is 41.5 Å². The van der Waals surface area contributed by atoms with Crippen LogP contribution in [0, 0.1) is 5.82 Å². The van der Waals surface area contributed by atoms with Crippen molar-refractivity contribution in [2.24, 2.45) is 0 Å². The number of ether oxygens (including phenoxy) is 1. The normalized spacial score (nSPS) is 16.2. The zero-order valence-corrected chi connectivity index (χ0v) is 17.1. The SMILES string of the molecule is COC(=O)c1ccc([C@H]2CCCN(c3cc(-c4ccccc4O)nnc3N)C2)c(F)c1. The third-order valence-corrected chi connectivity index (χ3v) is 5.60. The number of anilines is 2. The highest BCUT2D eigenvalue weighted by Gasteiger charge is 2.26. The molecule has 0 radical (unpaired) electrons. The minimum atomic E-state index is -0.567. The van der Waals surface area contributed by atoms with E-state index in [4.69, 9.17) is 5.73 Å². The molecule has 1 aromatic heterocycles. The highest BCUT2D eigenvalue weighted by Crippen LogP contribution is 2.36. The van der Waals surface area contributed by atoms with Gasteiger partial charge in [0.1, 0.15) is 11.6 Å². The topological polar surface area (TPSA) is 102 Å². The van der Waals surface area contributed by atoms with Crippen molar-refractivity contribution in [3.05, 3.63) is 65.5 Å². The number of hydrogen-bond donors (Lipinski definition) is 2. The maximum absolute atomic E-state index is 14.8. The number of aromatic nitrogens is 2. The van der Waals surface area contributed by atoms with Gasteiger partial charge in [0.2, 0.25) is 0 Å². The highest BCUT2D eigenvalue weighted by molar-refractivity contribution is 5.89. The molecule has 3 N–H and O–H groups in total. The van der Waals surface area contributed by atoms with Gasteiger partial charge in [0, 0.05) is 24.6 Å². The molecule has 3 aromatic rings. The summed E-state index contributed by atoms with van der Waals surface area (Å²) in [6.07, 6.45) is 1.66. The summed E-state index contributed by atoms with van der Waals surface area (Å²) in [6, 6.07) is 13.2. The first-order valence-electron chi connectivity index (χ1n) is 10.0. The second kappa shape index (κ2) is 8.59. The van der Waals surface area contributed by atoms with Gasteiger partial charge in [0.05, 0.1) is 24.1 Å². The average Bonchev–Trinajstić information content (AvgIpc) is 2.79. The van der Waals surface area contributed by atoms with Crippen LogP contribution in [0.3, 0.4) is 0 Å². The Morgan fingerprint density at radius 2 is 2.03 bits per heavy atom. The summed E-state index contributed by atoms with van der Waals surface area (Å²) in [5, 5.41) is 18.3. The van der Waals surface area contributed by atoms with E-state index in [-0.39, 0.29) is 23.0 Å². The lowest BCUT2D eigenvalue weighted by atomic mass is 9.89. The predicted molar refractivity (Wildman–Crippen MR) is 115 cm³/mol. The lowest BCUT2D eigenvalue weighted by Crippen LogP contribution is -2.35. The molecule has 0 saturated carbocycles. The molecule has 0 bridgehead atoms. The summed E-state index contributed by atoms with van der Waals surface area (Å²) in [7, 11) is 1.27. The van der Waals surface area contributed by atoms with Gasteiger partial charge >= 0.3 is 5.97 Å². The Balaban J connectivity index is 1.61. The number of rotatable bonds is 4. The summed E-state index contributed by atoms with van der Waals surface area (Å²) < 4.78 is 19.4. The first-order valence-corrected chi connectivity index (χ1v) is 10.0. The van der Waals surface area contributed by atoms with Crippen LogP contribution < -0.4 is 10.6 Å². The van der Waals surface area contributed by atoms with E-state index in [1.807, 2.05) is 6.07 Å². The summed E-state index contributed by atoms with van der Waals surface area (Å²) in [5.74, 6) is -0.673. The van der Waals surface area contributed by atoms with Crippen LogP contribution in [0.1, 0.15) is 34.7 Å². The minimum Gasteiger partial charge on any atom is -0.507 e. The van der Waals surface area contributed by atoms with Gasteiger partial charge < -0.3 is 20.5 Å². The van der Waals surface area contributed by atoms with Gasteiger partial charge in [-0.25, -0.2) is 9.18 Å². The number of hydrogen-bond acceptors (Lipinski definition) is 7. The van der Waals surface area contributed by atoms with Crippen molar-refractivity contribution in [1.82, 2.24) is 10.2 Å². The molecular weight excluding hydrogens is 399 g/mol. The summed E-state index contributed by atoms with van der Waals surface area (Å²) in [4.78, 5) is 13.7. The molecule has 4 rings (SSSR count). The monoisotopic (exact) mass is 422 g/mol. The Labute approximate surface area is 179 Å². The molecule has 1 atom stereocenters. The van der Waals surface area contributed by atoms with Crippen molar-refractivity contribution in [2.45, 2.75) is 18.8 Å². The molecule has 160 valence electrons. The number of halogens is 1. The van der Waals surface area contributed by atoms with E-state index < -0.39 is 11.8 Å². The second-order valence-corrected chi connectivity index (χ2v) is 7.53. The largest absolute Gasteiger partial charge is 0.507 e. The van der Waals surface area contributed by atoms with Crippen LogP contribution in [0.5, 0.6) is 5.75 Å². The van der Waals surface area contributed by atoms with E-state index in [1.165, 1.54) is 13.2 Å². The van der Waals surface area contributed by atoms with Crippen molar-refractivity contribution in [3.8, 4) is 17.0 Å². The Morgan fingerprint density at radius 1 is 1.23 bits per heavy atom. The van der Waals surface area contributed by atoms with Crippen molar-refractivity contribution < 1.29 is 19.0 Å². The number of nitrogen functional groups attached to an aromatic ring is 1. The van der Waals surface area contributed by atoms with E-state index in [0.717, 1.165) is 19.4 Å². The van der Waals surface area contributed by atoms with Crippen molar-refractivity contribution in [3.63, 3.8) is 0 Å². The van der Waals surface area contributed by atoms with Crippen molar-refractivity contribution >= 4 is 17.5 Å². The van der Waals surface area contributed by atoms with E-state index in [9.17, 15) is 14.3 Å². The fraction of sp³-hybridized carbons (Fsp3) is 0.261. The molecule has 2 aromatic carbocycles. The number of para-hydroxylation sites is 1. The molecule has 1 aliphatic rings. The van der Waals surface area contributed by atoms with Gasteiger partial charge in [-0.05, 0) is 48.7 Å². The van der Waals surface area contributed by atoms with Gasteiger partial charge in [-0.15, -0.1) is 10.2 Å². The van der Waals surface area contributed by atoms with Crippen LogP contribution in [-0.2, 0) is 4.74 Å². The number of aromatic hydroxyl groups is 1. The van der Waals surface area contributed by atoms with E-state index >= 15 is 0 Å². The number of carbonyl (C=O) groups excluding carboxylic acids is 1. The van der Waals surface area contributed by atoms with Gasteiger partial charge in [0.15, 0.2) is 5.82 Å². The third kappa shape index (κ3) is 4.14. The lowest BCUT2D eigenvalue weighted by Gasteiger charge is -2.35. The van der Waals surface area contributed by atoms with Crippen LogP contribution in [0.15, 0.2) is 48.5 Å². The number of benzene rings is 2. The molecule has 2 heterocycles. The van der Waals surface area contributed by atoms with Crippen LogP contribution in [0.2, 0.25) is 0 Å². The van der Waals surface area contributed by atoms with Gasteiger partial charge in [-0.1, -0.05) is 18.2 Å². The maximum atomic E-state index is 14.8. The molecule has 0 unspecified atom stereocenters. The quantitative estimate of drug-likeness (QED) is 0.618. The summed E-state index contributed by atoms with van der Waals surface area (Å²) in [5.41, 5.74) is 8.63. The predicted octanol–water partition coefficient (Wildman–Crippen LogP) is 3.74. The zero-order chi connectivity index (χ0) is 22.0. The molecular formula is C23H23FN4O3. The highest BCUT2D eigenvalue weighted by atomic mass is 19.1. The number of phenols is 1. The number of nitrogens with zero attached hydrogens (tertiary/aromatic N) is 3. The molecule has 1 aliphatic heterocycles. The second-order valence-electron chi connectivity index (χ2n) is 7.53. The fourth-order valence-corrected chi connectivity index (χ4v) is 4.02. The lowest BCUT2D eigenvalue weighted by molar-refractivity contribution is 0.0600. The Kier molecular flexibility index (Phi) is 5.70. The average molecular weight is 422 g/mol. The minimum absolute atomic E-state index is 0.0680. The number of phenolic OH excluding ortho intramolecular Hbond substituents is 1. The standard InChI is InChI=1S/C23H23FN4O3/c1-31-23(30)14-8-9-16(18(24)11-14)15-5-4-10-28(13-15)20-12-19(26-27-22(20)25)17-6-2-3-7-21(17)29/h2-3,6-9,11-12,15,29H,4-5,10,13H2,1H3,(H2,25,27)/t15-/m0/s1. The van der Waals surface area contributed by atoms with Crippen LogP contribution in [0.25, 0.3) is 11.3 Å². The first-order chi connectivity index (χ1) is 15.0. The van der Waals surface area contributed by atoms with Crippen LogP contribution >= 0.6 is 0 Å². The molecule has 0 aliphatic carbocycles. The van der Waals surface area contributed by atoms with Gasteiger partial charge in [-0.3, -0.25) is 0 Å². The first kappa shape index (κ1) is 20.6. The summed E-state index contributed by atoms with van der Waals surface area (Å²) >= 11 is 0. The molecule has 1 fully saturated rings. The number of methoxy groups -OCH3 is 1. The van der Waals surface area contributed by atoms with E-state index in [1.54, 1.807) is 36.4 Å². The fourth-order valence-electron chi connectivity index (χ4n) is 4.02. The maximum Gasteiger partial charge on any atom is 0.337 e. The molecule has 7 nitrogen and oxygen atoms in total. The number of esters is 1. The molecule has 31 heavy (non-hydrogen) atoms. The zero-order valence-electron chi connectivity index (χ0n) is 17.1. The summed E-state index contributed by atoms with van der Waals surface area (Å²) in [6.45, 7) is 1.29. The molecule has 0 spiro atoms. The molecule has 1 saturated heterocycles. The Bertz CT molecular complexity index is 1120. The number of piperidine rings is 1. The number of carbonyl (C=O) groups is 1. The van der Waals surface area contributed by atoms with E-state index in [0.29, 0.717) is 29.1 Å². The van der Waals surface area contributed by atoms with E-state index in [2.05, 4.69) is 19.8 Å². The van der Waals surface area contributed by atoms with Gasteiger partial charge in [0.25, 0.3) is 0 Å². The third-order valence-electron chi connectivity index (χ3n) is 5.60. The van der Waals surface area contributed by atoms with Crippen molar-refractivity contribution in [1.29, 1.82) is 0 Å². The molecule has 0 amide bonds. The van der Waals surface area contributed by atoms with Crippen LogP contribution in [0.4, 0.5) is 15.9 Å². The van der Waals surface area contributed by atoms with Crippen molar-refractivity contribution in [2.75, 3.05) is 30.8 Å².